The fourth-order valence-corrected chi connectivity index (χ4v) is 2.83. The second-order valence-electron chi connectivity index (χ2n) is 5.61. The number of halogens is 1. The van der Waals surface area contributed by atoms with Crippen molar-refractivity contribution in [2.45, 2.75) is 25.7 Å². The number of amides is 1. The summed E-state index contributed by atoms with van der Waals surface area (Å²) >= 11 is 3.45. The summed E-state index contributed by atoms with van der Waals surface area (Å²) in [6, 6.07) is 5.56. The van der Waals surface area contributed by atoms with E-state index in [4.69, 9.17) is 4.74 Å². The van der Waals surface area contributed by atoms with Gasteiger partial charge in [0.05, 0.1) is 12.7 Å². The Kier molecular flexibility index (Phi) is 3.95. The first-order valence-corrected chi connectivity index (χ1v) is 7.98. The lowest BCUT2D eigenvalue weighted by atomic mass is 10.1. The average molecular weight is 364 g/mol. The smallest absolute Gasteiger partial charge is 0.260 e. The van der Waals surface area contributed by atoms with Crippen LogP contribution in [-0.2, 0) is 7.05 Å². The highest BCUT2D eigenvalue weighted by Crippen LogP contribution is 2.40. The van der Waals surface area contributed by atoms with Crippen molar-refractivity contribution in [3.8, 4) is 5.75 Å². The second kappa shape index (κ2) is 5.76. The zero-order chi connectivity index (χ0) is 15.9. The zero-order valence-corrected chi connectivity index (χ0v) is 14.4. The Morgan fingerprint density at radius 2 is 2.14 bits per heavy atom. The molecular formula is C16H18BrN3O2. The van der Waals surface area contributed by atoms with E-state index in [0.717, 1.165) is 10.0 Å². The summed E-state index contributed by atoms with van der Waals surface area (Å²) in [5, 5.41) is 7.22. The van der Waals surface area contributed by atoms with Gasteiger partial charge in [-0.2, -0.15) is 5.10 Å². The summed E-state index contributed by atoms with van der Waals surface area (Å²) in [4.78, 5) is 12.5. The molecule has 0 radical (unpaired) electrons. The molecule has 0 atom stereocenters. The van der Waals surface area contributed by atoms with Crippen LogP contribution >= 0.6 is 15.9 Å². The van der Waals surface area contributed by atoms with Crippen molar-refractivity contribution in [1.82, 2.24) is 9.78 Å². The SMILES string of the molecule is COc1cc(C)c(Br)cc1C(=O)Nc1cc(C2CC2)n(C)n1. The lowest BCUT2D eigenvalue weighted by Gasteiger charge is -2.10. The molecule has 0 saturated heterocycles. The highest BCUT2D eigenvalue weighted by Gasteiger charge is 2.27. The number of aromatic nitrogens is 2. The summed E-state index contributed by atoms with van der Waals surface area (Å²) in [5.74, 6) is 1.49. The number of nitrogens with one attached hydrogen (secondary N) is 1. The van der Waals surface area contributed by atoms with Gasteiger partial charge in [-0.3, -0.25) is 9.48 Å². The summed E-state index contributed by atoms with van der Waals surface area (Å²) in [7, 11) is 3.47. The maximum absolute atomic E-state index is 12.5. The van der Waals surface area contributed by atoms with Crippen LogP contribution in [0, 0.1) is 6.92 Å². The van der Waals surface area contributed by atoms with Gasteiger partial charge in [0.25, 0.3) is 5.91 Å². The summed E-state index contributed by atoms with van der Waals surface area (Å²) < 4.78 is 8.03. The van der Waals surface area contributed by atoms with Gasteiger partial charge in [-0.05, 0) is 37.5 Å². The molecule has 3 rings (SSSR count). The molecule has 1 aliphatic rings. The molecule has 2 aromatic rings. The van der Waals surface area contributed by atoms with Crippen LogP contribution in [0.1, 0.15) is 40.4 Å². The molecule has 1 aromatic carbocycles. The minimum atomic E-state index is -0.224. The van der Waals surface area contributed by atoms with Crippen molar-refractivity contribution in [2.75, 3.05) is 12.4 Å². The normalized spacial score (nSPS) is 14.0. The highest BCUT2D eigenvalue weighted by atomic mass is 79.9. The predicted octanol–water partition coefficient (Wildman–Crippen LogP) is 3.63. The number of hydrogen-bond donors (Lipinski definition) is 1. The topological polar surface area (TPSA) is 56.1 Å². The van der Waals surface area contributed by atoms with Gasteiger partial charge in [0.15, 0.2) is 5.82 Å². The van der Waals surface area contributed by atoms with Crippen LogP contribution in [-0.4, -0.2) is 22.8 Å². The number of ether oxygens (including phenoxy) is 1. The van der Waals surface area contributed by atoms with Crippen molar-refractivity contribution in [3.63, 3.8) is 0 Å². The Morgan fingerprint density at radius 3 is 2.77 bits per heavy atom. The van der Waals surface area contributed by atoms with E-state index in [1.807, 2.05) is 30.8 Å². The van der Waals surface area contributed by atoms with Gasteiger partial charge in [-0.1, -0.05) is 15.9 Å². The maximum atomic E-state index is 12.5. The molecule has 1 saturated carbocycles. The summed E-state index contributed by atoms with van der Waals surface area (Å²) in [6.07, 6.45) is 2.40. The number of carbonyl (C=O) groups excluding carboxylic acids is 1. The van der Waals surface area contributed by atoms with E-state index in [0.29, 0.717) is 23.0 Å². The number of anilines is 1. The Balaban J connectivity index is 1.85. The van der Waals surface area contributed by atoms with Gasteiger partial charge in [-0.25, -0.2) is 0 Å². The number of benzene rings is 1. The molecule has 1 aliphatic carbocycles. The molecule has 6 heteroatoms. The lowest BCUT2D eigenvalue weighted by molar-refractivity contribution is 0.102. The monoisotopic (exact) mass is 363 g/mol. The highest BCUT2D eigenvalue weighted by molar-refractivity contribution is 9.10. The van der Waals surface area contributed by atoms with Gasteiger partial charge in [0.1, 0.15) is 5.75 Å². The third-order valence-corrected chi connectivity index (χ3v) is 4.73. The average Bonchev–Trinajstić information content (AvgIpc) is 3.25. The molecule has 1 amide bonds. The quantitative estimate of drug-likeness (QED) is 0.902. The van der Waals surface area contributed by atoms with Crippen LogP contribution in [0.5, 0.6) is 5.75 Å². The van der Waals surface area contributed by atoms with Crippen molar-refractivity contribution < 1.29 is 9.53 Å². The van der Waals surface area contributed by atoms with Crippen molar-refractivity contribution in [1.29, 1.82) is 0 Å². The Hall–Kier alpha value is -1.82. The molecule has 0 unspecified atom stereocenters. The van der Waals surface area contributed by atoms with Crippen LogP contribution in [0.2, 0.25) is 0 Å². The number of methoxy groups -OCH3 is 1. The number of aryl methyl sites for hydroxylation is 2. The number of nitrogens with zero attached hydrogens (tertiary/aromatic N) is 2. The number of rotatable bonds is 4. The van der Waals surface area contributed by atoms with Gasteiger partial charge in [0, 0.05) is 29.2 Å². The molecule has 1 aromatic heterocycles. The van der Waals surface area contributed by atoms with Crippen LogP contribution in [0.25, 0.3) is 0 Å². The fraction of sp³-hybridized carbons (Fsp3) is 0.375. The van der Waals surface area contributed by atoms with Crippen LogP contribution in [0.15, 0.2) is 22.7 Å². The molecule has 0 spiro atoms. The molecule has 1 heterocycles. The molecule has 0 aliphatic heterocycles. The molecule has 116 valence electrons. The van der Waals surface area contributed by atoms with Crippen LogP contribution in [0.3, 0.4) is 0 Å². The zero-order valence-electron chi connectivity index (χ0n) is 12.8. The van der Waals surface area contributed by atoms with E-state index in [1.54, 1.807) is 13.2 Å². The lowest BCUT2D eigenvalue weighted by Crippen LogP contribution is -2.14. The molecule has 1 fully saturated rings. The van der Waals surface area contributed by atoms with E-state index in [-0.39, 0.29) is 5.91 Å². The molecule has 0 bridgehead atoms. The van der Waals surface area contributed by atoms with Gasteiger partial charge < -0.3 is 10.1 Å². The van der Waals surface area contributed by atoms with Crippen LogP contribution < -0.4 is 10.1 Å². The summed E-state index contributed by atoms with van der Waals surface area (Å²) in [5.41, 5.74) is 2.67. The summed E-state index contributed by atoms with van der Waals surface area (Å²) in [6.45, 7) is 1.95. The molecule has 1 N–H and O–H groups in total. The second-order valence-corrected chi connectivity index (χ2v) is 6.46. The molecule has 22 heavy (non-hydrogen) atoms. The minimum Gasteiger partial charge on any atom is -0.496 e. The first-order chi connectivity index (χ1) is 10.5. The largest absolute Gasteiger partial charge is 0.496 e. The van der Waals surface area contributed by atoms with E-state index < -0.39 is 0 Å². The van der Waals surface area contributed by atoms with E-state index >= 15 is 0 Å². The molecule has 5 nitrogen and oxygen atoms in total. The fourth-order valence-electron chi connectivity index (χ4n) is 2.49. The van der Waals surface area contributed by atoms with E-state index in [1.165, 1.54) is 18.5 Å². The van der Waals surface area contributed by atoms with Crippen LogP contribution in [0.4, 0.5) is 5.82 Å². The number of carbonyl (C=O) groups is 1. The van der Waals surface area contributed by atoms with Gasteiger partial charge >= 0.3 is 0 Å². The van der Waals surface area contributed by atoms with Crippen molar-refractivity contribution in [3.05, 3.63) is 39.5 Å². The van der Waals surface area contributed by atoms with Crippen molar-refractivity contribution >= 4 is 27.7 Å². The Labute approximate surface area is 137 Å². The first kappa shape index (κ1) is 15.1. The maximum Gasteiger partial charge on any atom is 0.260 e. The third-order valence-electron chi connectivity index (χ3n) is 3.88. The Morgan fingerprint density at radius 1 is 1.41 bits per heavy atom. The predicted molar refractivity (Wildman–Crippen MR) is 88.6 cm³/mol. The molecular weight excluding hydrogens is 346 g/mol. The third kappa shape index (κ3) is 2.88. The van der Waals surface area contributed by atoms with Gasteiger partial charge in [0.2, 0.25) is 0 Å². The van der Waals surface area contributed by atoms with Crippen molar-refractivity contribution in [2.24, 2.45) is 7.05 Å². The number of hydrogen-bond acceptors (Lipinski definition) is 3. The standard InChI is InChI=1S/C16H18BrN3O2/c1-9-6-14(22-3)11(7-12(9)17)16(21)18-15-8-13(10-4-5-10)20(2)19-15/h6-8,10H,4-5H2,1-3H3,(H,18,19,21). The van der Waals surface area contributed by atoms with E-state index in [9.17, 15) is 4.79 Å². The van der Waals surface area contributed by atoms with Gasteiger partial charge in [-0.15, -0.1) is 0 Å². The minimum absolute atomic E-state index is 0.224. The Bertz CT molecular complexity index is 735. The van der Waals surface area contributed by atoms with E-state index in [2.05, 4.69) is 26.3 Å². The first-order valence-electron chi connectivity index (χ1n) is 7.19.